The first-order valence-electron chi connectivity index (χ1n) is 15.5. The van der Waals surface area contributed by atoms with E-state index in [0.717, 1.165) is 31.1 Å². The van der Waals surface area contributed by atoms with E-state index in [-0.39, 0.29) is 39.6 Å². The van der Waals surface area contributed by atoms with E-state index in [2.05, 4.69) is 45.7 Å². The number of carbonyl (C=O) groups excluding carboxylic acids is 4. The zero-order valence-corrected chi connectivity index (χ0v) is 27.8. The average Bonchev–Trinajstić information content (AvgIpc) is 3.31. The molecule has 45 heavy (non-hydrogen) atoms. The second kappa shape index (κ2) is 12.9. The second-order valence-electron chi connectivity index (χ2n) is 13.4. The Hall–Kier alpha value is -3.73. The van der Waals surface area contributed by atoms with Crippen molar-refractivity contribution in [3.8, 4) is 0 Å². The maximum absolute atomic E-state index is 13.6. The van der Waals surface area contributed by atoms with Gasteiger partial charge >= 0.3 is 0 Å². The van der Waals surface area contributed by atoms with Crippen LogP contribution in [0.5, 0.6) is 0 Å². The number of nitrogens with zero attached hydrogens (tertiary/aromatic N) is 1. The lowest BCUT2D eigenvalue weighted by Gasteiger charge is -2.52. The van der Waals surface area contributed by atoms with Crippen molar-refractivity contribution in [2.75, 3.05) is 12.4 Å². The quantitative estimate of drug-likeness (QED) is 0.201. The van der Waals surface area contributed by atoms with Crippen LogP contribution in [0.4, 0.5) is 5.69 Å². The summed E-state index contributed by atoms with van der Waals surface area (Å²) in [6.07, 6.45) is 6.74. The van der Waals surface area contributed by atoms with Crippen molar-refractivity contribution in [1.82, 2.24) is 15.2 Å². The van der Waals surface area contributed by atoms with Crippen LogP contribution in [0.3, 0.4) is 0 Å². The van der Waals surface area contributed by atoms with Gasteiger partial charge in [-0.05, 0) is 80.9 Å². The Morgan fingerprint density at radius 3 is 2.58 bits per heavy atom. The highest BCUT2D eigenvalue weighted by Crippen LogP contribution is 2.56. The molecule has 0 radical (unpaired) electrons. The molecule has 0 saturated heterocycles. The number of hydrogen-bond donors (Lipinski definition) is 3. The maximum atomic E-state index is 13.6. The van der Waals surface area contributed by atoms with Crippen LogP contribution in [0, 0.1) is 24.2 Å². The number of hydrogen-bond acceptors (Lipinski definition) is 6. The number of benzene rings is 1. The Kier molecular flexibility index (Phi) is 9.39. The number of aromatic nitrogens is 1. The van der Waals surface area contributed by atoms with E-state index >= 15 is 0 Å². The summed E-state index contributed by atoms with van der Waals surface area (Å²) in [6.45, 7) is 6.80. The Morgan fingerprint density at radius 1 is 1.11 bits per heavy atom. The van der Waals surface area contributed by atoms with Crippen molar-refractivity contribution in [3.63, 3.8) is 0 Å². The third-order valence-electron chi connectivity index (χ3n) is 9.27. The van der Waals surface area contributed by atoms with Gasteiger partial charge in [-0.1, -0.05) is 48.0 Å². The zero-order chi connectivity index (χ0) is 32.5. The number of halogens is 1. The van der Waals surface area contributed by atoms with Gasteiger partial charge in [0.1, 0.15) is 17.3 Å². The number of nitrogens with one attached hydrogen (secondary N) is 3. The number of fused-ring (bicyclic) bond motifs is 3. The number of para-hydroxylation sites is 1. The Bertz CT molecular complexity index is 1690. The third kappa shape index (κ3) is 7.24. The molecular weight excluding hydrogens is 640 g/mol. The molecule has 3 N–H and O–H groups in total. The molecule has 2 bridgehead atoms. The number of likely N-dealkylation sites (N-methyl/N-ethyl adjacent to an activating group) is 1. The molecule has 1 aromatic carbocycles. The van der Waals surface area contributed by atoms with Crippen molar-refractivity contribution in [1.29, 1.82) is 0 Å². The number of carbonyl (C=O) groups is 4. The molecule has 2 fully saturated rings. The van der Waals surface area contributed by atoms with Gasteiger partial charge in [0.05, 0.1) is 0 Å². The van der Waals surface area contributed by atoms with Gasteiger partial charge in [-0.25, -0.2) is 0 Å². The number of Topliss-reactive ketones (excluding diaryl/α,β-unsaturated/α-hetero) is 1. The first-order valence-corrected chi connectivity index (χ1v) is 16.3. The molecule has 5 atom stereocenters. The van der Waals surface area contributed by atoms with Crippen LogP contribution in [0.1, 0.15) is 74.9 Å². The molecule has 0 aliphatic heterocycles. The highest BCUT2D eigenvalue weighted by atomic mass is 79.9. The topological polar surface area (TPSA) is 140 Å². The van der Waals surface area contributed by atoms with Gasteiger partial charge in [0.15, 0.2) is 5.76 Å². The van der Waals surface area contributed by atoms with Gasteiger partial charge < -0.3 is 24.9 Å². The van der Waals surface area contributed by atoms with Crippen LogP contribution >= 0.6 is 15.9 Å². The van der Waals surface area contributed by atoms with Crippen molar-refractivity contribution in [2.45, 2.75) is 82.6 Å². The Balaban J connectivity index is 1.34. The van der Waals surface area contributed by atoms with Crippen LogP contribution in [0.2, 0.25) is 0 Å². The van der Waals surface area contributed by atoms with Gasteiger partial charge in [0, 0.05) is 41.5 Å². The SMILES string of the molecule is CNC(=O)C(=O)CC[C@H](NC(=O)c1oc2ccccc2c1C)C(=O)Nc1cccn(CC2(C)CC3CC(C)CC(Br)(C3)C2)c1=O. The average molecular weight is 682 g/mol. The molecule has 0 spiro atoms. The van der Waals surface area contributed by atoms with E-state index < -0.39 is 29.5 Å². The van der Waals surface area contributed by atoms with Crippen molar-refractivity contribution < 1.29 is 23.6 Å². The zero-order valence-electron chi connectivity index (χ0n) is 26.2. The standard InChI is InChI=1S/C34H41BrN4O6/c1-20-14-22-16-33(3,18-34(35,15-20)17-22)19-39-13-7-9-25(32(39)44)38-29(41)24(11-12-26(40)30(42)36-4)37-31(43)28-21(2)23-8-5-6-10-27(23)45-28/h5-10,13,20,22,24H,11-12,14-19H2,1-4H3,(H,36,42)(H,37,43)(H,38,41)/t20?,22?,24-,33?,34?/m0/s1. The van der Waals surface area contributed by atoms with E-state index in [9.17, 15) is 24.0 Å². The minimum atomic E-state index is -1.22. The summed E-state index contributed by atoms with van der Waals surface area (Å²) in [5, 5.41) is 8.38. The van der Waals surface area contributed by atoms with E-state index in [1.807, 2.05) is 12.1 Å². The molecule has 2 aliphatic carbocycles. The monoisotopic (exact) mass is 680 g/mol. The number of furan rings is 1. The smallest absolute Gasteiger partial charge is 0.287 e. The molecule has 5 rings (SSSR count). The number of alkyl halides is 1. The number of ketones is 1. The second-order valence-corrected chi connectivity index (χ2v) is 15.1. The summed E-state index contributed by atoms with van der Waals surface area (Å²) < 4.78 is 7.49. The lowest BCUT2D eigenvalue weighted by atomic mass is 9.59. The van der Waals surface area contributed by atoms with E-state index in [4.69, 9.17) is 4.42 Å². The summed E-state index contributed by atoms with van der Waals surface area (Å²) in [5.74, 6) is -1.53. The summed E-state index contributed by atoms with van der Waals surface area (Å²) in [7, 11) is 1.34. The fourth-order valence-corrected chi connectivity index (χ4v) is 9.40. The number of aryl methyl sites for hydroxylation is 1. The summed E-state index contributed by atoms with van der Waals surface area (Å²) in [6, 6.07) is 9.21. The number of anilines is 1. The Labute approximate surface area is 270 Å². The van der Waals surface area contributed by atoms with Gasteiger partial charge in [-0.2, -0.15) is 0 Å². The van der Waals surface area contributed by atoms with Crippen molar-refractivity contribution >= 4 is 56.1 Å². The molecule has 2 heterocycles. The maximum Gasteiger partial charge on any atom is 0.287 e. The molecule has 240 valence electrons. The summed E-state index contributed by atoms with van der Waals surface area (Å²) >= 11 is 4.05. The van der Waals surface area contributed by atoms with Crippen molar-refractivity contribution in [2.24, 2.45) is 17.3 Å². The van der Waals surface area contributed by atoms with Crippen molar-refractivity contribution in [3.05, 3.63) is 64.3 Å². The van der Waals surface area contributed by atoms with Crippen LogP contribution in [-0.2, 0) is 20.9 Å². The lowest BCUT2D eigenvalue weighted by Crippen LogP contribution is -2.47. The molecule has 3 amide bonds. The van der Waals surface area contributed by atoms with Crippen LogP contribution in [0.25, 0.3) is 11.0 Å². The fourth-order valence-electron chi connectivity index (χ4n) is 7.71. The number of rotatable bonds is 10. The highest BCUT2D eigenvalue weighted by molar-refractivity contribution is 9.10. The third-order valence-corrected chi connectivity index (χ3v) is 10.2. The van der Waals surface area contributed by atoms with Crippen LogP contribution in [-0.4, -0.2) is 45.5 Å². The normalized spacial score (nSPS) is 24.9. The van der Waals surface area contributed by atoms with Gasteiger partial charge in [-0.3, -0.25) is 24.0 Å². The molecule has 2 saturated carbocycles. The molecule has 4 unspecified atom stereocenters. The highest BCUT2D eigenvalue weighted by Gasteiger charge is 2.48. The largest absolute Gasteiger partial charge is 0.451 e. The minimum absolute atomic E-state index is 0.0399. The molecule has 3 aromatic rings. The minimum Gasteiger partial charge on any atom is -0.451 e. The molecular formula is C34H41BrN4O6. The summed E-state index contributed by atoms with van der Waals surface area (Å²) in [4.78, 5) is 64.7. The van der Waals surface area contributed by atoms with Gasteiger partial charge in [0.25, 0.3) is 17.4 Å². The lowest BCUT2D eigenvalue weighted by molar-refractivity contribution is -0.137. The first kappa shape index (κ1) is 32.7. The Morgan fingerprint density at radius 2 is 1.87 bits per heavy atom. The summed E-state index contributed by atoms with van der Waals surface area (Å²) in [5.41, 5.74) is 0.756. The molecule has 10 nitrogen and oxygen atoms in total. The fraction of sp³-hybridized carbons (Fsp3) is 0.500. The van der Waals surface area contributed by atoms with Gasteiger partial charge in [-0.15, -0.1) is 0 Å². The number of amides is 3. The molecule has 2 aromatic heterocycles. The van der Waals surface area contributed by atoms with Crippen LogP contribution < -0.4 is 21.5 Å². The van der Waals surface area contributed by atoms with Crippen LogP contribution in [0.15, 0.2) is 51.8 Å². The predicted molar refractivity (Wildman–Crippen MR) is 175 cm³/mol. The number of pyridine rings is 1. The van der Waals surface area contributed by atoms with E-state index in [1.54, 1.807) is 35.9 Å². The predicted octanol–water partition coefficient (Wildman–Crippen LogP) is 5.11. The first-order chi connectivity index (χ1) is 21.3. The van der Waals surface area contributed by atoms with Gasteiger partial charge in [0.2, 0.25) is 11.7 Å². The van der Waals surface area contributed by atoms with E-state index in [1.165, 1.54) is 19.5 Å². The molecule has 2 aliphatic rings. The van der Waals surface area contributed by atoms with E-state index in [0.29, 0.717) is 29.5 Å². The molecule has 11 heteroatoms.